The zero-order valence-electron chi connectivity index (χ0n) is 17.6. The summed E-state index contributed by atoms with van der Waals surface area (Å²) in [7, 11) is 0. The highest BCUT2D eigenvalue weighted by atomic mass is 16.5. The van der Waals surface area contributed by atoms with E-state index in [9.17, 15) is 4.79 Å². The van der Waals surface area contributed by atoms with Crippen molar-refractivity contribution < 1.29 is 9.53 Å². The number of esters is 1. The van der Waals surface area contributed by atoms with Crippen LogP contribution in [0.2, 0.25) is 0 Å². The van der Waals surface area contributed by atoms with Crippen LogP contribution in [0.5, 0.6) is 0 Å². The number of carbonyl (C=O) groups excluding carboxylic acids is 1. The summed E-state index contributed by atoms with van der Waals surface area (Å²) in [5.41, 5.74) is 5.08. The van der Waals surface area contributed by atoms with E-state index in [1.54, 1.807) is 0 Å². The van der Waals surface area contributed by atoms with Crippen LogP contribution in [0.1, 0.15) is 31.9 Å². The van der Waals surface area contributed by atoms with E-state index in [0.717, 1.165) is 28.0 Å². The Morgan fingerprint density at radius 2 is 1.57 bits per heavy atom. The van der Waals surface area contributed by atoms with Gasteiger partial charge in [0.1, 0.15) is 19.0 Å². The second kappa shape index (κ2) is 8.15. The molecule has 1 heterocycles. The Labute approximate surface area is 177 Å². The van der Waals surface area contributed by atoms with E-state index in [2.05, 4.69) is 45.0 Å². The number of imidazole rings is 1. The van der Waals surface area contributed by atoms with Crippen molar-refractivity contribution in [3.8, 4) is 11.4 Å². The number of nitrogens with zero attached hydrogens (tertiary/aromatic N) is 2. The van der Waals surface area contributed by atoms with Gasteiger partial charge in [0.15, 0.2) is 0 Å². The number of rotatable bonds is 5. The van der Waals surface area contributed by atoms with Gasteiger partial charge in [-0.3, -0.25) is 4.79 Å². The van der Waals surface area contributed by atoms with Crippen molar-refractivity contribution >= 4 is 17.0 Å². The number of fused-ring (bicyclic) bond motifs is 1. The fraction of sp³-hybridized carbons (Fsp3) is 0.231. The Morgan fingerprint density at radius 3 is 2.27 bits per heavy atom. The molecular weight excluding hydrogens is 372 g/mol. The van der Waals surface area contributed by atoms with Crippen LogP contribution < -0.4 is 0 Å². The highest BCUT2D eigenvalue weighted by molar-refractivity contribution is 5.83. The molecule has 0 aliphatic carbocycles. The smallest absolute Gasteiger partial charge is 0.326 e. The molecule has 3 aromatic carbocycles. The van der Waals surface area contributed by atoms with Gasteiger partial charge in [-0.05, 0) is 28.7 Å². The Morgan fingerprint density at radius 1 is 0.900 bits per heavy atom. The molecule has 0 N–H and O–H groups in total. The monoisotopic (exact) mass is 398 g/mol. The predicted molar refractivity (Wildman–Crippen MR) is 120 cm³/mol. The lowest BCUT2D eigenvalue weighted by molar-refractivity contribution is -0.145. The van der Waals surface area contributed by atoms with Crippen molar-refractivity contribution in [3.63, 3.8) is 0 Å². The van der Waals surface area contributed by atoms with E-state index < -0.39 is 0 Å². The number of benzene rings is 3. The van der Waals surface area contributed by atoms with Crippen LogP contribution in [0.4, 0.5) is 0 Å². The van der Waals surface area contributed by atoms with Gasteiger partial charge in [-0.15, -0.1) is 0 Å². The van der Waals surface area contributed by atoms with Crippen molar-refractivity contribution in [2.75, 3.05) is 0 Å². The Kier molecular flexibility index (Phi) is 5.40. The summed E-state index contributed by atoms with van der Waals surface area (Å²) in [6.07, 6.45) is 0. The molecule has 152 valence electrons. The molecule has 0 saturated carbocycles. The standard InChI is InChI=1S/C26H26N2O2/c1-26(2,3)21-15-13-20(14-16-21)25-27-22-11-7-8-12-23(22)28(25)17-24(29)30-18-19-9-5-4-6-10-19/h4-16H,17-18H2,1-3H3. The Balaban J connectivity index is 1.63. The molecule has 0 atom stereocenters. The molecule has 0 saturated heterocycles. The zero-order valence-corrected chi connectivity index (χ0v) is 17.6. The maximum atomic E-state index is 12.6. The quantitative estimate of drug-likeness (QED) is 0.402. The summed E-state index contributed by atoms with van der Waals surface area (Å²) in [5, 5.41) is 0. The highest BCUT2D eigenvalue weighted by Crippen LogP contribution is 2.28. The summed E-state index contributed by atoms with van der Waals surface area (Å²) in [6, 6.07) is 26.0. The second-order valence-electron chi connectivity index (χ2n) is 8.48. The van der Waals surface area contributed by atoms with Crippen LogP contribution in [0.15, 0.2) is 78.9 Å². The number of carbonyl (C=O) groups is 1. The third kappa shape index (κ3) is 4.28. The molecule has 0 aliphatic rings. The summed E-state index contributed by atoms with van der Waals surface area (Å²) in [5.74, 6) is 0.489. The molecule has 0 spiro atoms. The molecule has 0 amide bonds. The van der Waals surface area contributed by atoms with Gasteiger partial charge in [-0.25, -0.2) is 4.98 Å². The summed E-state index contributed by atoms with van der Waals surface area (Å²) < 4.78 is 7.46. The number of para-hydroxylation sites is 2. The van der Waals surface area contributed by atoms with Gasteiger partial charge in [0.05, 0.1) is 11.0 Å². The van der Waals surface area contributed by atoms with Gasteiger partial charge < -0.3 is 9.30 Å². The minimum Gasteiger partial charge on any atom is -0.459 e. The molecule has 0 aliphatic heterocycles. The predicted octanol–water partition coefficient (Wildman–Crippen LogP) is 5.74. The maximum Gasteiger partial charge on any atom is 0.326 e. The molecule has 4 heteroatoms. The van der Waals surface area contributed by atoms with Crippen LogP contribution in [-0.2, 0) is 28.1 Å². The number of aromatic nitrogens is 2. The third-order valence-electron chi connectivity index (χ3n) is 5.19. The van der Waals surface area contributed by atoms with E-state index in [1.807, 2.05) is 59.2 Å². The first-order valence-corrected chi connectivity index (χ1v) is 10.2. The topological polar surface area (TPSA) is 44.1 Å². The normalized spacial score (nSPS) is 11.6. The van der Waals surface area contributed by atoms with Crippen LogP contribution in [0.25, 0.3) is 22.4 Å². The molecule has 4 nitrogen and oxygen atoms in total. The van der Waals surface area contributed by atoms with Crippen molar-refractivity contribution in [2.24, 2.45) is 0 Å². The molecule has 4 rings (SSSR count). The van der Waals surface area contributed by atoms with Crippen molar-refractivity contribution in [3.05, 3.63) is 90.0 Å². The molecule has 30 heavy (non-hydrogen) atoms. The lowest BCUT2D eigenvalue weighted by atomic mass is 9.87. The molecule has 0 bridgehead atoms. The Hall–Kier alpha value is -3.40. The van der Waals surface area contributed by atoms with Crippen LogP contribution in [-0.4, -0.2) is 15.5 Å². The van der Waals surface area contributed by atoms with Gasteiger partial charge in [0.25, 0.3) is 0 Å². The maximum absolute atomic E-state index is 12.6. The molecule has 4 aromatic rings. The fourth-order valence-corrected chi connectivity index (χ4v) is 3.49. The first-order valence-electron chi connectivity index (χ1n) is 10.2. The lowest BCUT2D eigenvalue weighted by Gasteiger charge is -2.19. The van der Waals surface area contributed by atoms with E-state index in [0.29, 0.717) is 0 Å². The van der Waals surface area contributed by atoms with Crippen molar-refractivity contribution in [1.82, 2.24) is 9.55 Å². The number of ether oxygens (including phenoxy) is 1. The van der Waals surface area contributed by atoms with Gasteiger partial charge in [-0.1, -0.05) is 87.5 Å². The first-order chi connectivity index (χ1) is 14.4. The highest BCUT2D eigenvalue weighted by Gasteiger charge is 2.18. The largest absolute Gasteiger partial charge is 0.459 e. The van der Waals surface area contributed by atoms with Crippen LogP contribution in [0, 0.1) is 0 Å². The van der Waals surface area contributed by atoms with E-state index >= 15 is 0 Å². The van der Waals surface area contributed by atoms with Gasteiger partial charge >= 0.3 is 5.97 Å². The SMILES string of the molecule is CC(C)(C)c1ccc(-c2nc3ccccc3n2CC(=O)OCc2ccccc2)cc1. The average Bonchev–Trinajstić information content (AvgIpc) is 3.11. The van der Waals surface area contributed by atoms with Gasteiger partial charge in [0.2, 0.25) is 0 Å². The van der Waals surface area contributed by atoms with Gasteiger partial charge in [0, 0.05) is 5.56 Å². The third-order valence-corrected chi connectivity index (χ3v) is 5.19. The van der Waals surface area contributed by atoms with E-state index in [1.165, 1.54) is 5.56 Å². The molecule has 0 radical (unpaired) electrons. The summed E-state index contributed by atoms with van der Waals surface area (Å²) in [4.78, 5) is 17.4. The van der Waals surface area contributed by atoms with Crippen molar-refractivity contribution in [2.45, 2.75) is 39.3 Å². The minimum absolute atomic E-state index is 0.0832. The summed E-state index contributed by atoms with van der Waals surface area (Å²) in [6.45, 7) is 6.96. The van der Waals surface area contributed by atoms with Crippen LogP contribution in [0.3, 0.4) is 0 Å². The lowest BCUT2D eigenvalue weighted by Crippen LogP contribution is -2.14. The second-order valence-corrected chi connectivity index (χ2v) is 8.48. The minimum atomic E-state index is -0.283. The molecule has 1 aromatic heterocycles. The average molecular weight is 399 g/mol. The fourth-order valence-electron chi connectivity index (χ4n) is 3.49. The zero-order chi connectivity index (χ0) is 21.1. The number of hydrogen-bond acceptors (Lipinski definition) is 3. The first kappa shape index (κ1) is 19.9. The molecule has 0 unspecified atom stereocenters. The Bertz CT molecular complexity index is 1150. The van der Waals surface area contributed by atoms with Gasteiger partial charge in [-0.2, -0.15) is 0 Å². The van der Waals surface area contributed by atoms with Crippen molar-refractivity contribution in [1.29, 1.82) is 0 Å². The molecular formula is C26H26N2O2. The van der Waals surface area contributed by atoms with E-state index in [4.69, 9.17) is 9.72 Å². The van der Waals surface area contributed by atoms with E-state index in [-0.39, 0.29) is 24.5 Å². The summed E-state index contributed by atoms with van der Waals surface area (Å²) >= 11 is 0. The van der Waals surface area contributed by atoms with Crippen LogP contribution >= 0.6 is 0 Å². The number of hydrogen-bond donors (Lipinski definition) is 0. The molecule has 0 fully saturated rings.